The van der Waals surface area contributed by atoms with E-state index >= 15 is 0 Å². The second-order valence-electron chi connectivity index (χ2n) is 7.99. The number of hydrogen-bond acceptors (Lipinski definition) is 4. The Labute approximate surface area is 175 Å². The van der Waals surface area contributed by atoms with E-state index in [9.17, 15) is 4.79 Å². The lowest BCUT2D eigenvalue weighted by atomic mass is 9.83. The number of likely N-dealkylation sites (N-methyl/N-ethyl adjacent to an activating group) is 1. The van der Waals surface area contributed by atoms with Crippen molar-refractivity contribution in [1.82, 2.24) is 25.3 Å². The minimum atomic E-state index is -0.00151. The quantitative estimate of drug-likeness (QED) is 0.741. The maximum atomic E-state index is 12.8. The summed E-state index contributed by atoms with van der Waals surface area (Å²) in [5, 5.41) is 10.9. The average Bonchev–Trinajstić information content (AvgIpc) is 3.24. The molecule has 1 amide bonds. The van der Waals surface area contributed by atoms with Crippen molar-refractivity contribution in [3.8, 4) is 0 Å². The normalized spacial score (nSPS) is 24.1. The zero-order valence-electron chi connectivity index (χ0n) is 16.7. The number of rotatable bonds is 6. The maximum absolute atomic E-state index is 12.8. The first-order valence-corrected chi connectivity index (χ1v) is 9.69. The van der Waals surface area contributed by atoms with E-state index in [0.29, 0.717) is 12.0 Å². The third-order valence-electron chi connectivity index (χ3n) is 6.05. The summed E-state index contributed by atoms with van der Waals surface area (Å²) in [5.41, 5.74) is 1.16. The second kappa shape index (κ2) is 11.2. The van der Waals surface area contributed by atoms with Gasteiger partial charge in [-0.1, -0.05) is 19.3 Å². The van der Waals surface area contributed by atoms with Crippen molar-refractivity contribution < 1.29 is 4.79 Å². The molecular formula is C19H35Cl2N5O. The molecule has 1 unspecified atom stereocenters. The van der Waals surface area contributed by atoms with Gasteiger partial charge >= 0.3 is 0 Å². The number of halogens is 2. The molecule has 0 bridgehead atoms. The molecule has 1 aromatic rings. The molecule has 3 rings (SSSR count). The van der Waals surface area contributed by atoms with Gasteiger partial charge in [-0.15, -0.1) is 24.8 Å². The van der Waals surface area contributed by atoms with Gasteiger partial charge in [0, 0.05) is 44.8 Å². The molecule has 6 nitrogen and oxygen atoms in total. The number of carbonyl (C=O) groups is 1. The van der Waals surface area contributed by atoms with Crippen LogP contribution in [0.1, 0.15) is 43.6 Å². The fourth-order valence-electron chi connectivity index (χ4n) is 4.56. The molecule has 0 spiro atoms. The van der Waals surface area contributed by atoms with Crippen LogP contribution in [0.2, 0.25) is 0 Å². The summed E-state index contributed by atoms with van der Waals surface area (Å²) in [7, 11) is 6.20. The fourth-order valence-corrected chi connectivity index (χ4v) is 4.56. The lowest BCUT2D eigenvalue weighted by Gasteiger charge is -2.35. The fraction of sp³-hybridized carbons (Fsp3) is 0.789. The van der Waals surface area contributed by atoms with Crippen LogP contribution in [0.5, 0.6) is 0 Å². The van der Waals surface area contributed by atoms with Crippen molar-refractivity contribution in [2.75, 3.05) is 33.7 Å². The highest BCUT2D eigenvalue weighted by molar-refractivity contribution is 5.85. The van der Waals surface area contributed by atoms with Gasteiger partial charge in [0.05, 0.1) is 12.1 Å². The van der Waals surface area contributed by atoms with Gasteiger partial charge in [0.15, 0.2) is 0 Å². The molecule has 27 heavy (non-hydrogen) atoms. The molecule has 156 valence electrons. The Morgan fingerprint density at radius 1 is 1.30 bits per heavy atom. The van der Waals surface area contributed by atoms with Crippen LogP contribution >= 0.6 is 24.8 Å². The summed E-state index contributed by atoms with van der Waals surface area (Å²) in [5.74, 6) is 1.11. The zero-order chi connectivity index (χ0) is 17.8. The highest BCUT2D eigenvalue weighted by Gasteiger charge is 2.35. The minimum absolute atomic E-state index is 0. The summed E-state index contributed by atoms with van der Waals surface area (Å²) < 4.78 is 1.81. The predicted molar refractivity (Wildman–Crippen MR) is 114 cm³/mol. The van der Waals surface area contributed by atoms with Crippen molar-refractivity contribution >= 4 is 30.7 Å². The van der Waals surface area contributed by atoms with Crippen molar-refractivity contribution in [3.63, 3.8) is 0 Å². The standard InChI is InChI=1S/C19H33N5O.2ClH/c1-23(2)18(14-7-5-4-6-8-14)12-21-19(25)17-11-20-10-16(17)15-9-22-24(3)13-15;;/h9,13-14,16-18,20H,4-8,10-12H2,1-3H3,(H,21,25);2*1H/t16-,17+,18?;;/m1../s1. The molecule has 1 saturated heterocycles. The van der Waals surface area contributed by atoms with Gasteiger partial charge in [-0.3, -0.25) is 9.48 Å². The Kier molecular flexibility index (Phi) is 10.1. The van der Waals surface area contributed by atoms with Gasteiger partial charge < -0.3 is 15.5 Å². The monoisotopic (exact) mass is 419 g/mol. The van der Waals surface area contributed by atoms with Crippen LogP contribution in [0, 0.1) is 11.8 Å². The number of aromatic nitrogens is 2. The van der Waals surface area contributed by atoms with Crippen LogP contribution in [0.15, 0.2) is 12.4 Å². The second-order valence-corrected chi connectivity index (χ2v) is 7.99. The van der Waals surface area contributed by atoms with Gasteiger partial charge in [-0.05, 0) is 38.4 Å². The summed E-state index contributed by atoms with van der Waals surface area (Å²) in [4.78, 5) is 15.1. The number of hydrogen-bond donors (Lipinski definition) is 2. The molecule has 2 N–H and O–H groups in total. The number of carbonyl (C=O) groups excluding carboxylic acids is 1. The van der Waals surface area contributed by atoms with Crippen LogP contribution in [0.4, 0.5) is 0 Å². The summed E-state index contributed by atoms with van der Waals surface area (Å²) in [6.45, 7) is 2.36. The third kappa shape index (κ3) is 6.08. The van der Waals surface area contributed by atoms with E-state index in [2.05, 4.69) is 34.7 Å². The van der Waals surface area contributed by atoms with Gasteiger partial charge in [0.1, 0.15) is 0 Å². The van der Waals surface area contributed by atoms with Crippen molar-refractivity contribution in [2.24, 2.45) is 18.9 Å². The van der Waals surface area contributed by atoms with E-state index in [1.807, 2.05) is 24.1 Å². The molecule has 1 aliphatic carbocycles. The van der Waals surface area contributed by atoms with Gasteiger partial charge in [-0.2, -0.15) is 5.10 Å². The van der Waals surface area contributed by atoms with Crippen LogP contribution in [-0.4, -0.2) is 60.4 Å². The lowest BCUT2D eigenvalue weighted by molar-refractivity contribution is -0.125. The Hall–Kier alpha value is -0.820. The number of amides is 1. The molecule has 2 aliphatic rings. The van der Waals surface area contributed by atoms with Crippen molar-refractivity contribution in [1.29, 1.82) is 0 Å². The molecule has 1 saturated carbocycles. The SMILES string of the molecule is CN(C)C(CNC(=O)[C@H]1CNC[C@@H]1c1cnn(C)c1)C1CCCCC1.Cl.Cl. The van der Waals surface area contributed by atoms with Gasteiger partial charge in [0.25, 0.3) is 0 Å². The molecule has 1 aliphatic heterocycles. The number of nitrogens with zero attached hydrogens (tertiary/aromatic N) is 3. The van der Waals surface area contributed by atoms with Crippen LogP contribution < -0.4 is 10.6 Å². The molecule has 0 radical (unpaired) electrons. The molecule has 8 heteroatoms. The Balaban J connectivity index is 0.00000182. The summed E-state index contributed by atoms with van der Waals surface area (Å²) in [6, 6.07) is 0.440. The molecule has 2 heterocycles. The van der Waals surface area contributed by atoms with E-state index in [1.54, 1.807) is 0 Å². The van der Waals surface area contributed by atoms with E-state index in [1.165, 1.54) is 32.1 Å². The first kappa shape index (κ1) is 24.2. The molecule has 0 aromatic carbocycles. The van der Waals surface area contributed by atoms with Gasteiger partial charge in [0.2, 0.25) is 5.91 Å². The highest BCUT2D eigenvalue weighted by atomic mass is 35.5. The minimum Gasteiger partial charge on any atom is -0.354 e. The summed E-state index contributed by atoms with van der Waals surface area (Å²) >= 11 is 0. The van der Waals surface area contributed by atoms with E-state index < -0.39 is 0 Å². The third-order valence-corrected chi connectivity index (χ3v) is 6.05. The van der Waals surface area contributed by atoms with Crippen LogP contribution in [-0.2, 0) is 11.8 Å². The largest absolute Gasteiger partial charge is 0.354 e. The topological polar surface area (TPSA) is 62.2 Å². The Morgan fingerprint density at radius 2 is 2.00 bits per heavy atom. The molecule has 3 atom stereocenters. The average molecular weight is 420 g/mol. The number of aryl methyl sites for hydroxylation is 1. The smallest absolute Gasteiger partial charge is 0.225 e. The van der Waals surface area contributed by atoms with Crippen molar-refractivity contribution in [2.45, 2.75) is 44.1 Å². The predicted octanol–water partition coefficient (Wildman–Crippen LogP) is 2.19. The first-order chi connectivity index (χ1) is 12.1. The zero-order valence-corrected chi connectivity index (χ0v) is 18.3. The van der Waals surface area contributed by atoms with Crippen molar-refractivity contribution in [3.05, 3.63) is 18.0 Å². The van der Waals surface area contributed by atoms with E-state index in [-0.39, 0.29) is 42.6 Å². The molecule has 1 aromatic heterocycles. The highest BCUT2D eigenvalue weighted by Crippen LogP contribution is 2.29. The number of nitrogens with one attached hydrogen (secondary N) is 2. The Bertz CT molecular complexity index is 574. The Morgan fingerprint density at radius 3 is 2.59 bits per heavy atom. The van der Waals surface area contributed by atoms with E-state index in [4.69, 9.17) is 0 Å². The summed E-state index contributed by atoms with van der Waals surface area (Å²) in [6.07, 6.45) is 10.5. The van der Waals surface area contributed by atoms with Gasteiger partial charge in [-0.25, -0.2) is 0 Å². The van der Waals surface area contributed by atoms with E-state index in [0.717, 1.165) is 25.2 Å². The first-order valence-electron chi connectivity index (χ1n) is 9.69. The van der Waals surface area contributed by atoms with Crippen LogP contribution in [0.25, 0.3) is 0 Å². The molecule has 2 fully saturated rings. The lowest BCUT2D eigenvalue weighted by Crippen LogP contribution is -2.47. The van der Waals surface area contributed by atoms with Crippen LogP contribution in [0.3, 0.4) is 0 Å². The molecular weight excluding hydrogens is 385 g/mol. The maximum Gasteiger partial charge on any atom is 0.225 e.